The van der Waals surface area contributed by atoms with Gasteiger partial charge in [0.25, 0.3) is 0 Å². The van der Waals surface area contributed by atoms with E-state index in [0.717, 1.165) is 30.6 Å². The Labute approximate surface area is 122 Å². The Balaban J connectivity index is 1.80. The number of halogens is 1. The minimum atomic E-state index is 0.227. The van der Waals surface area contributed by atoms with E-state index in [2.05, 4.69) is 17.0 Å². The Morgan fingerprint density at radius 2 is 2.35 bits per heavy atom. The summed E-state index contributed by atoms with van der Waals surface area (Å²) in [6.07, 6.45) is 6.45. The van der Waals surface area contributed by atoms with E-state index in [9.17, 15) is 4.79 Å². The van der Waals surface area contributed by atoms with E-state index in [-0.39, 0.29) is 5.91 Å². The second-order valence-electron chi connectivity index (χ2n) is 5.32. The molecule has 3 heterocycles. The van der Waals surface area contributed by atoms with E-state index >= 15 is 0 Å². The van der Waals surface area contributed by atoms with E-state index in [1.807, 2.05) is 4.90 Å². The van der Waals surface area contributed by atoms with Gasteiger partial charge in [0.05, 0.1) is 12.7 Å². The molecule has 0 aliphatic carbocycles. The standard InChI is InChI=1S/C14H17ClN4O/c1-2-3-10-6-13(20)18(8-10)9-11-7-16-19-5-4-12(15)17-14(11)19/h4-5,7,10H,2-3,6,8-9H2,1H3. The maximum Gasteiger partial charge on any atom is 0.223 e. The van der Waals surface area contributed by atoms with Crippen LogP contribution in [0.15, 0.2) is 18.5 Å². The molecule has 1 amide bonds. The number of aromatic nitrogens is 3. The molecule has 1 aliphatic heterocycles. The Morgan fingerprint density at radius 1 is 1.50 bits per heavy atom. The van der Waals surface area contributed by atoms with Gasteiger partial charge in [-0.15, -0.1) is 0 Å². The van der Waals surface area contributed by atoms with Gasteiger partial charge in [-0.05, 0) is 18.4 Å². The molecule has 5 nitrogen and oxygen atoms in total. The quantitative estimate of drug-likeness (QED) is 0.814. The van der Waals surface area contributed by atoms with Crippen LogP contribution in [0.2, 0.25) is 5.15 Å². The predicted molar refractivity (Wildman–Crippen MR) is 76.4 cm³/mol. The highest BCUT2D eigenvalue weighted by molar-refractivity contribution is 6.29. The lowest BCUT2D eigenvalue weighted by Gasteiger charge is -2.15. The van der Waals surface area contributed by atoms with Crippen molar-refractivity contribution in [3.8, 4) is 0 Å². The molecule has 0 bridgehead atoms. The number of carbonyl (C=O) groups is 1. The van der Waals surface area contributed by atoms with E-state index in [4.69, 9.17) is 11.6 Å². The Morgan fingerprint density at radius 3 is 3.15 bits per heavy atom. The molecule has 0 spiro atoms. The van der Waals surface area contributed by atoms with Crippen molar-refractivity contribution in [1.29, 1.82) is 0 Å². The van der Waals surface area contributed by atoms with Gasteiger partial charge in [-0.2, -0.15) is 5.10 Å². The maximum absolute atomic E-state index is 12.0. The number of nitrogens with zero attached hydrogens (tertiary/aromatic N) is 4. The molecule has 0 saturated carbocycles. The maximum atomic E-state index is 12.0. The number of hydrogen-bond acceptors (Lipinski definition) is 3. The zero-order valence-electron chi connectivity index (χ0n) is 11.4. The average Bonchev–Trinajstić information content (AvgIpc) is 2.95. The molecule has 1 atom stereocenters. The fourth-order valence-electron chi connectivity index (χ4n) is 2.82. The third kappa shape index (κ3) is 2.50. The average molecular weight is 293 g/mol. The van der Waals surface area contributed by atoms with Crippen molar-refractivity contribution in [1.82, 2.24) is 19.5 Å². The normalized spacial score (nSPS) is 19.2. The van der Waals surface area contributed by atoms with E-state index < -0.39 is 0 Å². The number of carbonyl (C=O) groups excluding carboxylic acids is 1. The fraction of sp³-hybridized carbons (Fsp3) is 0.500. The van der Waals surface area contributed by atoms with E-state index in [1.165, 1.54) is 0 Å². The lowest BCUT2D eigenvalue weighted by molar-refractivity contribution is -0.128. The number of likely N-dealkylation sites (tertiary alicyclic amines) is 1. The Hall–Kier alpha value is -1.62. The third-order valence-electron chi connectivity index (χ3n) is 3.76. The molecule has 1 unspecified atom stereocenters. The van der Waals surface area contributed by atoms with Crippen LogP contribution in [0.5, 0.6) is 0 Å². The minimum Gasteiger partial charge on any atom is -0.338 e. The number of hydrogen-bond donors (Lipinski definition) is 0. The zero-order valence-corrected chi connectivity index (χ0v) is 12.2. The van der Waals surface area contributed by atoms with Gasteiger partial charge in [-0.3, -0.25) is 4.79 Å². The Bertz CT molecular complexity index is 639. The van der Waals surface area contributed by atoms with Crippen molar-refractivity contribution in [3.05, 3.63) is 29.2 Å². The van der Waals surface area contributed by atoms with Gasteiger partial charge >= 0.3 is 0 Å². The first-order valence-corrected chi connectivity index (χ1v) is 7.31. The molecule has 20 heavy (non-hydrogen) atoms. The molecule has 2 aromatic heterocycles. The smallest absolute Gasteiger partial charge is 0.223 e. The highest BCUT2D eigenvalue weighted by Crippen LogP contribution is 2.24. The summed E-state index contributed by atoms with van der Waals surface area (Å²) in [5.74, 6) is 0.718. The second-order valence-corrected chi connectivity index (χ2v) is 5.71. The van der Waals surface area contributed by atoms with Gasteiger partial charge in [0.15, 0.2) is 5.65 Å². The van der Waals surface area contributed by atoms with E-state index in [0.29, 0.717) is 24.0 Å². The highest BCUT2D eigenvalue weighted by atomic mass is 35.5. The third-order valence-corrected chi connectivity index (χ3v) is 3.97. The first-order valence-electron chi connectivity index (χ1n) is 6.94. The van der Waals surface area contributed by atoms with Crippen LogP contribution in [0.3, 0.4) is 0 Å². The predicted octanol–water partition coefficient (Wildman–Crippen LogP) is 2.53. The molecule has 106 valence electrons. The first-order chi connectivity index (χ1) is 9.67. The highest BCUT2D eigenvalue weighted by Gasteiger charge is 2.29. The summed E-state index contributed by atoms with van der Waals surface area (Å²) in [6, 6.07) is 1.70. The van der Waals surface area contributed by atoms with Crippen LogP contribution in [0.25, 0.3) is 5.65 Å². The summed E-state index contributed by atoms with van der Waals surface area (Å²) in [5, 5.41) is 4.68. The van der Waals surface area contributed by atoms with Crippen LogP contribution < -0.4 is 0 Å². The molecule has 1 fully saturated rings. The van der Waals surface area contributed by atoms with Crippen molar-refractivity contribution in [2.45, 2.75) is 32.7 Å². The van der Waals surface area contributed by atoms with Crippen molar-refractivity contribution in [3.63, 3.8) is 0 Å². The SMILES string of the molecule is CCCC1CC(=O)N(Cc2cnn3ccc(Cl)nc23)C1. The van der Waals surface area contributed by atoms with Crippen molar-refractivity contribution < 1.29 is 4.79 Å². The molecule has 0 radical (unpaired) electrons. The van der Waals surface area contributed by atoms with Crippen molar-refractivity contribution >= 4 is 23.2 Å². The van der Waals surface area contributed by atoms with Crippen LogP contribution in [-0.2, 0) is 11.3 Å². The van der Waals surface area contributed by atoms with E-state index in [1.54, 1.807) is 23.0 Å². The molecule has 3 rings (SSSR count). The topological polar surface area (TPSA) is 50.5 Å². The number of amides is 1. The van der Waals surface area contributed by atoms with Crippen LogP contribution in [0.1, 0.15) is 31.7 Å². The lowest BCUT2D eigenvalue weighted by Crippen LogP contribution is -2.24. The molecule has 2 aromatic rings. The first kappa shape index (κ1) is 13.4. The number of rotatable bonds is 4. The second kappa shape index (κ2) is 5.40. The van der Waals surface area contributed by atoms with Gasteiger partial charge in [0.2, 0.25) is 5.91 Å². The largest absolute Gasteiger partial charge is 0.338 e. The van der Waals surface area contributed by atoms with Crippen molar-refractivity contribution in [2.75, 3.05) is 6.54 Å². The molecule has 1 saturated heterocycles. The van der Waals surface area contributed by atoms with Crippen molar-refractivity contribution in [2.24, 2.45) is 5.92 Å². The summed E-state index contributed by atoms with van der Waals surface area (Å²) in [6.45, 7) is 3.56. The molecule has 6 heteroatoms. The fourth-order valence-corrected chi connectivity index (χ4v) is 2.96. The van der Waals surface area contributed by atoms with Crippen LogP contribution in [-0.4, -0.2) is 31.9 Å². The summed E-state index contributed by atoms with van der Waals surface area (Å²) < 4.78 is 1.69. The summed E-state index contributed by atoms with van der Waals surface area (Å²) in [5.41, 5.74) is 1.67. The molecule has 1 aliphatic rings. The molecule has 0 N–H and O–H groups in total. The molecular formula is C14H17ClN4O. The van der Waals surface area contributed by atoms with Gasteiger partial charge in [0.1, 0.15) is 5.15 Å². The van der Waals surface area contributed by atoms with Gasteiger partial charge in [-0.1, -0.05) is 24.9 Å². The van der Waals surface area contributed by atoms with Gasteiger partial charge in [0, 0.05) is 24.7 Å². The van der Waals surface area contributed by atoms with Crippen LogP contribution >= 0.6 is 11.6 Å². The van der Waals surface area contributed by atoms with Crippen LogP contribution in [0.4, 0.5) is 0 Å². The van der Waals surface area contributed by atoms with Gasteiger partial charge in [-0.25, -0.2) is 9.50 Å². The summed E-state index contributed by atoms with van der Waals surface area (Å²) in [7, 11) is 0. The number of fused-ring (bicyclic) bond motifs is 1. The molecular weight excluding hydrogens is 276 g/mol. The Kier molecular flexibility index (Phi) is 3.61. The molecule has 0 aromatic carbocycles. The monoisotopic (exact) mass is 292 g/mol. The summed E-state index contributed by atoms with van der Waals surface area (Å²) >= 11 is 5.92. The summed E-state index contributed by atoms with van der Waals surface area (Å²) in [4.78, 5) is 18.2. The lowest BCUT2D eigenvalue weighted by atomic mass is 10.0. The van der Waals surface area contributed by atoms with Crippen LogP contribution in [0, 0.1) is 5.92 Å². The van der Waals surface area contributed by atoms with Gasteiger partial charge < -0.3 is 4.90 Å². The minimum absolute atomic E-state index is 0.227. The zero-order chi connectivity index (χ0) is 14.1.